The zero-order valence-electron chi connectivity index (χ0n) is 13.2. The van der Waals surface area contributed by atoms with E-state index in [4.69, 9.17) is 9.05 Å². The molecule has 0 aliphatic heterocycles. The van der Waals surface area contributed by atoms with Crippen LogP contribution in [-0.4, -0.2) is 13.2 Å². The SMILES string of the molecule is CCCCCCCCOPOCCCCCCCC. The van der Waals surface area contributed by atoms with Crippen molar-refractivity contribution in [3.05, 3.63) is 0 Å². The van der Waals surface area contributed by atoms with Crippen molar-refractivity contribution in [2.45, 2.75) is 90.9 Å². The Balaban J connectivity index is 2.88. The first-order chi connectivity index (χ1) is 9.41. The second-order valence-electron chi connectivity index (χ2n) is 5.32. The Morgan fingerprint density at radius 3 is 1.32 bits per heavy atom. The minimum Gasteiger partial charge on any atom is -0.336 e. The van der Waals surface area contributed by atoms with Crippen molar-refractivity contribution in [2.75, 3.05) is 13.2 Å². The summed E-state index contributed by atoms with van der Waals surface area (Å²) in [6.45, 7) is 6.26. The lowest BCUT2D eigenvalue weighted by Crippen LogP contribution is -1.90. The summed E-state index contributed by atoms with van der Waals surface area (Å²) >= 11 is 0. The van der Waals surface area contributed by atoms with Crippen molar-refractivity contribution >= 4 is 9.03 Å². The molecule has 0 saturated heterocycles. The van der Waals surface area contributed by atoms with E-state index < -0.39 is 0 Å². The van der Waals surface area contributed by atoms with Crippen molar-refractivity contribution in [3.63, 3.8) is 0 Å². The second kappa shape index (κ2) is 18.4. The molecule has 3 heteroatoms. The molecule has 0 radical (unpaired) electrons. The van der Waals surface area contributed by atoms with Crippen LogP contribution in [0.15, 0.2) is 0 Å². The van der Waals surface area contributed by atoms with Crippen molar-refractivity contribution < 1.29 is 9.05 Å². The van der Waals surface area contributed by atoms with E-state index >= 15 is 0 Å². The van der Waals surface area contributed by atoms with Crippen molar-refractivity contribution in [1.29, 1.82) is 0 Å². The van der Waals surface area contributed by atoms with Crippen molar-refractivity contribution in [2.24, 2.45) is 0 Å². The van der Waals surface area contributed by atoms with Gasteiger partial charge in [0.2, 0.25) is 0 Å². The molecule has 116 valence electrons. The molecule has 0 aromatic heterocycles. The van der Waals surface area contributed by atoms with E-state index in [1.54, 1.807) is 0 Å². The third-order valence-electron chi connectivity index (χ3n) is 3.32. The standard InChI is InChI=1S/C16H35O2P/c1-3-5-7-9-11-13-15-17-19-18-16-14-12-10-8-6-4-2/h19H,3-16H2,1-2H3. The van der Waals surface area contributed by atoms with E-state index in [1.165, 1.54) is 77.0 Å². The largest absolute Gasteiger partial charge is 0.336 e. The van der Waals surface area contributed by atoms with Crippen LogP contribution in [0.25, 0.3) is 0 Å². The van der Waals surface area contributed by atoms with Crippen LogP contribution in [0, 0.1) is 0 Å². The summed E-state index contributed by atoms with van der Waals surface area (Å²) < 4.78 is 11.0. The summed E-state index contributed by atoms with van der Waals surface area (Å²) in [5.74, 6) is 0. The van der Waals surface area contributed by atoms with Crippen LogP contribution >= 0.6 is 9.03 Å². The molecule has 0 aliphatic carbocycles. The molecule has 0 aliphatic rings. The van der Waals surface area contributed by atoms with Crippen molar-refractivity contribution in [3.8, 4) is 0 Å². The molecule has 0 rings (SSSR count). The highest BCUT2D eigenvalue weighted by Crippen LogP contribution is 2.16. The Kier molecular flexibility index (Phi) is 18.7. The summed E-state index contributed by atoms with van der Waals surface area (Å²) in [6.07, 6.45) is 15.9. The van der Waals surface area contributed by atoms with E-state index in [0.717, 1.165) is 13.2 Å². The fourth-order valence-corrected chi connectivity index (χ4v) is 2.57. The monoisotopic (exact) mass is 290 g/mol. The summed E-state index contributed by atoms with van der Waals surface area (Å²) in [4.78, 5) is 0. The Labute approximate surface area is 123 Å². The maximum absolute atomic E-state index is 5.49. The van der Waals surface area contributed by atoms with Gasteiger partial charge in [0.25, 0.3) is 0 Å². The molecule has 19 heavy (non-hydrogen) atoms. The van der Waals surface area contributed by atoms with Crippen LogP contribution in [0.1, 0.15) is 90.9 Å². The predicted molar refractivity (Wildman–Crippen MR) is 87.0 cm³/mol. The van der Waals surface area contributed by atoms with Gasteiger partial charge in [0.05, 0.1) is 13.2 Å². The van der Waals surface area contributed by atoms with Gasteiger partial charge in [-0.3, -0.25) is 0 Å². The van der Waals surface area contributed by atoms with Crippen LogP contribution < -0.4 is 0 Å². The molecule has 0 amide bonds. The van der Waals surface area contributed by atoms with Gasteiger partial charge in [0.15, 0.2) is 9.03 Å². The molecule has 0 saturated carbocycles. The van der Waals surface area contributed by atoms with Gasteiger partial charge < -0.3 is 9.05 Å². The van der Waals surface area contributed by atoms with E-state index in [2.05, 4.69) is 13.8 Å². The normalized spacial score (nSPS) is 11.1. The fourth-order valence-electron chi connectivity index (χ4n) is 2.03. The lowest BCUT2D eigenvalue weighted by Gasteiger charge is -2.05. The molecule has 0 atom stereocenters. The van der Waals surface area contributed by atoms with Crippen LogP contribution in [0.2, 0.25) is 0 Å². The smallest absolute Gasteiger partial charge is 0.155 e. The first-order valence-corrected chi connectivity index (χ1v) is 9.22. The third kappa shape index (κ3) is 18.4. The molecule has 0 bridgehead atoms. The molecular formula is C16H35O2P. The van der Waals surface area contributed by atoms with E-state index in [1.807, 2.05) is 0 Å². The average Bonchev–Trinajstić information content (AvgIpc) is 2.43. The lowest BCUT2D eigenvalue weighted by molar-refractivity contribution is 0.256. The molecule has 0 aromatic rings. The summed E-state index contributed by atoms with van der Waals surface area (Å²) in [7, 11) is 0.257. The maximum Gasteiger partial charge on any atom is 0.155 e. The molecule has 0 spiro atoms. The molecular weight excluding hydrogens is 255 g/mol. The maximum atomic E-state index is 5.49. The topological polar surface area (TPSA) is 18.5 Å². The molecule has 0 heterocycles. The summed E-state index contributed by atoms with van der Waals surface area (Å²) in [6, 6.07) is 0. The fraction of sp³-hybridized carbons (Fsp3) is 1.00. The minimum atomic E-state index is 0.257. The molecule has 0 unspecified atom stereocenters. The van der Waals surface area contributed by atoms with Crippen LogP contribution in [0.3, 0.4) is 0 Å². The number of rotatable bonds is 16. The van der Waals surface area contributed by atoms with Crippen LogP contribution in [0.5, 0.6) is 0 Å². The van der Waals surface area contributed by atoms with Gasteiger partial charge in [-0.1, -0.05) is 78.1 Å². The van der Waals surface area contributed by atoms with Crippen LogP contribution in [-0.2, 0) is 9.05 Å². The van der Waals surface area contributed by atoms with Gasteiger partial charge >= 0.3 is 0 Å². The van der Waals surface area contributed by atoms with E-state index in [0.29, 0.717) is 0 Å². The van der Waals surface area contributed by atoms with E-state index in [9.17, 15) is 0 Å². The first-order valence-electron chi connectivity index (χ1n) is 8.40. The summed E-state index contributed by atoms with van der Waals surface area (Å²) in [5, 5.41) is 0. The van der Waals surface area contributed by atoms with Crippen LogP contribution in [0.4, 0.5) is 0 Å². The van der Waals surface area contributed by atoms with Gasteiger partial charge in [-0.2, -0.15) is 0 Å². The quantitative estimate of drug-likeness (QED) is 0.247. The first kappa shape index (κ1) is 19.4. The number of hydrogen-bond donors (Lipinski definition) is 0. The highest BCUT2D eigenvalue weighted by molar-refractivity contribution is 7.26. The molecule has 0 aromatic carbocycles. The Hall–Kier alpha value is 0.350. The number of hydrogen-bond acceptors (Lipinski definition) is 2. The highest BCUT2D eigenvalue weighted by Gasteiger charge is 1.93. The van der Waals surface area contributed by atoms with Gasteiger partial charge in [0.1, 0.15) is 0 Å². The van der Waals surface area contributed by atoms with E-state index in [-0.39, 0.29) is 9.03 Å². The Morgan fingerprint density at radius 2 is 0.895 bits per heavy atom. The summed E-state index contributed by atoms with van der Waals surface area (Å²) in [5.41, 5.74) is 0. The molecule has 2 nitrogen and oxygen atoms in total. The Bertz CT molecular complexity index is 138. The van der Waals surface area contributed by atoms with Gasteiger partial charge in [0, 0.05) is 0 Å². The van der Waals surface area contributed by atoms with Gasteiger partial charge in [-0.25, -0.2) is 0 Å². The zero-order valence-corrected chi connectivity index (χ0v) is 14.2. The lowest BCUT2D eigenvalue weighted by atomic mass is 10.1. The van der Waals surface area contributed by atoms with Gasteiger partial charge in [-0.05, 0) is 12.8 Å². The van der Waals surface area contributed by atoms with Crippen molar-refractivity contribution in [1.82, 2.24) is 0 Å². The number of unbranched alkanes of at least 4 members (excludes halogenated alkanes) is 10. The Morgan fingerprint density at radius 1 is 0.526 bits per heavy atom. The van der Waals surface area contributed by atoms with Gasteiger partial charge in [-0.15, -0.1) is 0 Å². The average molecular weight is 290 g/mol. The molecule has 0 N–H and O–H groups in total. The third-order valence-corrected chi connectivity index (χ3v) is 3.96. The molecule has 0 fully saturated rings. The highest BCUT2D eigenvalue weighted by atomic mass is 31.1. The minimum absolute atomic E-state index is 0.257. The predicted octanol–water partition coefficient (Wildman–Crippen LogP) is 6.25. The zero-order chi connectivity index (χ0) is 14.0. The second-order valence-corrected chi connectivity index (χ2v) is 6.06.